The molecule has 2 aliphatic rings. The predicted molar refractivity (Wildman–Crippen MR) is 79.2 cm³/mol. The summed E-state index contributed by atoms with van der Waals surface area (Å²) in [5, 5.41) is 6.33. The van der Waals surface area contributed by atoms with E-state index in [1.165, 1.54) is 48.6 Å². The Morgan fingerprint density at radius 3 is 2.68 bits per heavy atom. The quantitative estimate of drug-likeness (QED) is 0.865. The molecule has 2 nitrogen and oxygen atoms in total. The van der Waals surface area contributed by atoms with Gasteiger partial charge in [-0.25, -0.2) is 0 Å². The molecule has 19 heavy (non-hydrogen) atoms. The minimum Gasteiger partial charge on any atom is -0.382 e. The number of nitrogens with one attached hydrogen (secondary N) is 1. The maximum absolute atomic E-state index is 4.21. The molecule has 0 spiro atoms. The van der Waals surface area contributed by atoms with Crippen molar-refractivity contribution in [2.24, 2.45) is 11.8 Å². The monoisotopic (exact) mass is 252 g/mol. The van der Waals surface area contributed by atoms with Crippen molar-refractivity contribution in [1.82, 2.24) is 4.98 Å². The molecule has 4 rings (SSSR count). The van der Waals surface area contributed by atoms with Crippen molar-refractivity contribution in [3.63, 3.8) is 0 Å². The molecule has 0 aliphatic heterocycles. The Hall–Kier alpha value is -1.57. The van der Waals surface area contributed by atoms with E-state index < -0.39 is 0 Å². The highest BCUT2D eigenvalue weighted by Gasteiger charge is 2.33. The summed E-state index contributed by atoms with van der Waals surface area (Å²) in [4.78, 5) is 4.21. The van der Waals surface area contributed by atoms with E-state index in [0.717, 1.165) is 11.8 Å². The summed E-state index contributed by atoms with van der Waals surface area (Å²) in [5.74, 6) is 1.96. The van der Waals surface area contributed by atoms with Crippen molar-refractivity contribution >= 4 is 16.5 Å². The standard InChI is InChI=1S/C17H20N2/c1-2-14-11-18-7-6-16(14)17(3-1)19-15-9-12-4-5-13(8-12)10-15/h1-3,6-7,11-13,15,19H,4-5,8-10H2. The van der Waals surface area contributed by atoms with Crippen LogP contribution in [-0.2, 0) is 0 Å². The molecule has 0 radical (unpaired) electrons. The van der Waals surface area contributed by atoms with E-state index in [1.807, 2.05) is 12.4 Å². The van der Waals surface area contributed by atoms with Crippen molar-refractivity contribution in [2.75, 3.05) is 5.32 Å². The molecular weight excluding hydrogens is 232 g/mol. The molecule has 0 amide bonds. The van der Waals surface area contributed by atoms with E-state index in [1.54, 1.807) is 0 Å². The molecular formula is C17H20N2. The molecule has 98 valence electrons. The second-order valence-corrected chi connectivity index (χ2v) is 6.26. The van der Waals surface area contributed by atoms with Crippen LogP contribution in [0, 0.1) is 11.8 Å². The predicted octanol–water partition coefficient (Wildman–Crippen LogP) is 4.23. The van der Waals surface area contributed by atoms with Crippen LogP contribution in [0.4, 0.5) is 5.69 Å². The molecule has 2 saturated carbocycles. The van der Waals surface area contributed by atoms with Gasteiger partial charge in [0.2, 0.25) is 0 Å². The Labute approximate surface area is 114 Å². The van der Waals surface area contributed by atoms with E-state index in [0.29, 0.717) is 6.04 Å². The van der Waals surface area contributed by atoms with Crippen LogP contribution in [0.5, 0.6) is 0 Å². The summed E-state index contributed by atoms with van der Waals surface area (Å²) >= 11 is 0. The normalized spacial score (nSPS) is 29.6. The highest BCUT2D eigenvalue weighted by molar-refractivity contribution is 5.93. The van der Waals surface area contributed by atoms with Gasteiger partial charge in [0.25, 0.3) is 0 Å². The maximum Gasteiger partial charge on any atom is 0.0423 e. The molecule has 1 aromatic carbocycles. The molecule has 2 aromatic rings. The van der Waals surface area contributed by atoms with Gasteiger partial charge in [-0.05, 0) is 43.2 Å². The van der Waals surface area contributed by atoms with Gasteiger partial charge in [-0.15, -0.1) is 0 Å². The zero-order chi connectivity index (χ0) is 12.7. The van der Waals surface area contributed by atoms with Gasteiger partial charge in [0.05, 0.1) is 0 Å². The van der Waals surface area contributed by atoms with Gasteiger partial charge in [-0.3, -0.25) is 4.98 Å². The number of benzene rings is 1. The smallest absolute Gasteiger partial charge is 0.0423 e. The van der Waals surface area contributed by atoms with E-state index in [-0.39, 0.29) is 0 Å². The largest absolute Gasteiger partial charge is 0.382 e. The van der Waals surface area contributed by atoms with Crippen LogP contribution in [0.2, 0.25) is 0 Å². The number of hydrogen-bond donors (Lipinski definition) is 1. The number of aromatic nitrogens is 1. The lowest BCUT2D eigenvalue weighted by Crippen LogP contribution is -2.28. The first kappa shape index (κ1) is 11.3. The van der Waals surface area contributed by atoms with E-state index in [2.05, 4.69) is 34.6 Å². The molecule has 1 aromatic heterocycles. The molecule has 2 bridgehead atoms. The highest BCUT2D eigenvalue weighted by Crippen LogP contribution is 2.43. The fraction of sp³-hybridized carbons (Fsp3) is 0.471. The summed E-state index contributed by atoms with van der Waals surface area (Å²) in [6.45, 7) is 0. The SMILES string of the molecule is c1cc(NC2CC3CCC(C3)C2)c2ccncc2c1. The average Bonchev–Trinajstić information content (AvgIpc) is 2.78. The first-order valence-electron chi connectivity index (χ1n) is 7.48. The number of nitrogens with zero attached hydrogens (tertiary/aromatic N) is 1. The molecule has 2 unspecified atom stereocenters. The summed E-state index contributed by atoms with van der Waals surface area (Å²) < 4.78 is 0. The first-order chi connectivity index (χ1) is 9.38. The van der Waals surface area contributed by atoms with Crippen molar-refractivity contribution in [3.8, 4) is 0 Å². The van der Waals surface area contributed by atoms with Gasteiger partial charge in [0.15, 0.2) is 0 Å². The van der Waals surface area contributed by atoms with Crippen molar-refractivity contribution < 1.29 is 0 Å². The minimum absolute atomic E-state index is 0.671. The van der Waals surface area contributed by atoms with Crippen LogP contribution in [0.3, 0.4) is 0 Å². The number of fused-ring (bicyclic) bond motifs is 3. The average molecular weight is 252 g/mol. The number of pyridine rings is 1. The summed E-state index contributed by atoms with van der Waals surface area (Å²) in [6.07, 6.45) is 11.0. The molecule has 2 heteroatoms. The van der Waals surface area contributed by atoms with Crippen molar-refractivity contribution in [1.29, 1.82) is 0 Å². The second-order valence-electron chi connectivity index (χ2n) is 6.26. The van der Waals surface area contributed by atoms with Crippen LogP contribution >= 0.6 is 0 Å². The fourth-order valence-electron chi connectivity index (χ4n) is 4.09. The van der Waals surface area contributed by atoms with Crippen LogP contribution in [0.15, 0.2) is 36.7 Å². The second kappa shape index (κ2) is 4.52. The van der Waals surface area contributed by atoms with E-state index >= 15 is 0 Å². The van der Waals surface area contributed by atoms with Crippen LogP contribution in [0.1, 0.15) is 32.1 Å². The number of hydrogen-bond acceptors (Lipinski definition) is 2. The molecule has 2 fully saturated rings. The summed E-state index contributed by atoms with van der Waals surface area (Å²) in [6, 6.07) is 9.26. The topological polar surface area (TPSA) is 24.9 Å². The van der Waals surface area contributed by atoms with Crippen molar-refractivity contribution in [2.45, 2.75) is 38.1 Å². The lowest BCUT2D eigenvalue weighted by molar-refractivity contribution is 0.334. The highest BCUT2D eigenvalue weighted by atomic mass is 14.9. The fourth-order valence-corrected chi connectivity index (χ4v) is 4.09. The van der Waals surface area contributed by atoms with Gasteiger partial charge < -0.3 is 5.32 Å². The third-order valence-corrected chi connectivity index (χ3v) is 4.93. The third kappa shape index (κ3) is 2.09. The van der Waals surface area contributed by atoms with E-state index in [4.69, 9.17) is 0 Å². The van der Waals surface area contributed by atoms with Gasteiger partial charge in [-0.2, -0.15) is 0 Å². The Kier molecular flexibility index (Phi) is 2.68. The van der Waals surface area contributed by atoms with Gasteiger partial charge in [0.1, 0.15) is 0 Å². The Balaban J connectivity index is 1.61. The van der Waals surface area contributed by atoms with Gasteiger partial charge >= 0.3 is 0 Å². The Morgan fingerprint density at radius 2 is 1.84 bits per heavy atom. The van der Waals surface area contributed by atoms with Crippen LogP contribution in [-0.4, -0.2) is 11.0 Å². The number of anilines is 1. The lowest BCUT2D eigenvalue weighted by Gasteiger charge is -2.29. The molecule has 1 heterocycles. The van der Waals surface area contributed by atoms with Gasteiger partial charge in [0, 0.05) is 34.9 Å². The van der Waals surface area contributed by atoms with Crippen molar-refractivity contribution in [3.05, 3.63) is 36.7 Å². The zero-order valence-electron chi connectivity index (χ0n) is 11.2. The molecule has 2 atom stereocenters. The molecule has 1 N–H and O–H groups in total. The Morgan fingerprint density at radius 1 is 1.00 bits per heavy atom. The molecule has 2 aliphatic carbocycles. The van der Waals surface area contributed by atoms with Crippen LogP contribution in [0.25, 0.3) is 10.8 Å². The molecule has 0 saturated heterocycles. The van der Waals surface area contributed by atoms with Gasteiger partial charge in [-0.1, -0.05) is 25.0 Å². The first-order valence-corrected chi connectivity index (χ1v) is 7.48. The Bertz CT molecular complexity index is 575. The van der Waals surface area contributed by atoms with Crippen LogP contribution < -0.4 is 5.32 Å². The zero-order valence-corrected chi connectivity index (χ0v) is 11.2. The summed E-state index contributed by atoms with van der Waals surface area (Å²) in [5.41, 5.74) is 1.28. The number of rotatable bonds is 2. The maximum atomic E-state index is 4.21. The summed E-state index contributed by atoms with van der Waals surface area (Å²) in [7, 11) is 0. The third-order valence-electron chi connectivity index (χ3n) is 4.93. The lowest BCUT2D eigenvalue weighted by atomic mass is 9.85. The van der Waals surface area contributed by atoms with E-state index in [9.17, 15) is 0 Å². The minimum atomic E-state index is 0.671.